The first kappa shape index (κ1) is 15.4. The summed E-state index contributed by atoms with van der Waals surface area (Å²) in [6.07, 6.45) is 2.02. The first-order chi connectivity index (χ1) is 9.61. The van der Waals surface area contributed by atoms with E-state index in [1.807, 2.05) is 0 Å². The number of nitrogens with zero attached hydrogens (tertiary/aromatic N) is 2. The third-order valence-electron chi connectivity index (χ3n) is 2.84. The van der Waals surface area contributed by atoms with Crippen LogP contribution in [0, 0.1) is 5.92 Å². The molecule has 0 spiro atoms. The average Bonchev–Trinajstić information content (AvgIpc) is 2.93. The van der Waals surface area contributed by atoms with Crippen LogP contribution in [0.1, 0.15) is 32.9 Å². The van der Waals surface area contributed by atoms with Crippen LogP contribution in [0.25, 0.3) is 11.4 Å². The van der Waals surface area contributed by atoms with Crippen molar-refractivity contribution in [1.29, 1.82) is 0 Å². The lowest BCUT2D eigenvalue weighted by atomic mass is 10.1. The van der Waals surface area contributed by atoms with Gasteiger partial charge in [-0.2, -0.15) is 11.3 Å². The van der Waals surface area contributed by atoms with Crippen LogP contribution in [0.5, 0.6) is 0 Å². The third kappa shape index (κ3) is 3.79. The summed E-state index contributed by atoms with van der Waals surface area (Å²) in [7, 11) is 0. The fraction of sp³-hybridized carbons (Fsp3) is 0.467. The maximum atomic E-state index is 4.73. The summed E-state index contributed by atoms with van der Waals surface area (Å²) in [5.74, 6) is 2.28. The van der Waals surface area contributed by atoms with Crippen LogP contribution in [0.4, 0.5) is 5.82 Å². The molecule has 0 fully saturated rings. The van der Waals surface area contributed by atoms with E-state index in [1.54, 1.807) is 11.3 Å². The molecule has 2 aromatic rings. The Hall–Kier alpha value is -0.940. The normalized spacial score (nSPS) is 11.1. The van der Waals surface area contributed by atoms with Crippen LogP contribution < -0.4 is 5.32 Å². The molecule has 2 aromatic heterocycles. The topological polar surface area (TPSA) is 37.8 Å². The second-order valence-corrected chi connectivity index (χ2v) is 6.77. The van der Waals surface area contributed by atoms with Crippen molar-refractivity contribution in [3.8, 4) is 11.4 Å². The van der Waals surface area contributed by atoms with E-state index in [9.17, 15) is 0 Å². The fourth-order valence-corrected chi connectivity index (χ4v) is 3.01. The largest absolute Gasteiger partial charge is 0.369 e. The van der Waals surface area contributed by atoms with E-state index in [-0.39, 0.29) is 0 Å². The zero-order valence-electron chi connectivity index (χ0n) is 12.1. The number of aromatic nitrogens is 2. The molecule has 0 aliphatic rings. The molecule has 1 N–H and O–H groups in total. The number of nitrogens with one attached hydrogen (secondary N) is 1. The summed E-state index contributed by atoms with van der Waals surface area (Å²) in [4.78, 5) is 9.39. The highest BCUT2D eigenvalue weighted by Crippen LogP contribution is 2.29. The number of anilines is 1. The van der Waals surface area contributed by atoms with Crippen LogP contribution in [-0.4, -0.2) is 16.5 Å². The third-order valence-corrected chi connectivity index (χ3v) is 4.36. The molecule has 108 valence electrons. The number of hydrogen-bond donors (Lipinski definition) is 1. The lowest BCUT2D eigenvalue weighted by Crippen LogP contribution is -2.08. The quantitative estimate of drug-likeness (QED) is 0.794. The van der Waals surface area contributed by atoms with Crippen molar-refractivity contribution in [2.24, 2.45) is 5.92 Å². The van der Waals surface area contributed by atoms with Crippen molar-refractivity contribution in [1.82, 2.24) is 9.97 Å². The Labute approximate surface area is 133 Å². The molecule has 0 saturated heterocycles. The molecule has 5 heteroatoms. The maximum absolute atomic E-state index is 4.73. The molecule has 0 radical (unpaired) electrons. The van der Waals surface area contributed by atoms with Gasteiger partial charge in [0.2, 0.25) is 0 Å². The van der Waals surface area contributed by atoms with Crippen molar-refractivity contribution in [3.63, 3.8) is 0 Å². The Morgan fingerprint density at radius 1 is 1.35 bits per heavy atom. The van der Waals surface area contributed by atoms with Gasteiger partial charge in [-0.1, -0.05) is 20.8 Å². The minimum Gasteiger partial charge on any atom is -0.369 e. The van der Waals surface area contributed by atoms with Crippen LogP contribution in [0.15, 0.2) is 21.3 Å². The Morgan fingerprint density at radius 3 is 2.75 bits per heavy atom. The lowest BCUT2D eigenvalue weighted by Gasteiger charge is -2.13. The van der Waals surface area contributed by atoms with Gasteiger partial charge in [-0.05, 0) is 46.1 Å². The minimum absolute atomic E-state index is 0.565. The van der Waals surface area contributed by atoms with Gasteiger partial charge in [0, 0.05) is 17.5 Å². The molecule has 3 nitrogen and oxygen atoms in total. The van der Waals surface area contributed by atoms with E-state index in [0.717, 1.165) is 46.8 Å². The van der Waals surface area contributed by atoms with E-state index in [2.05, 4.69) is 63.8 Å². The monoisotopic (exact) mass is 353 g/mol. The van der Waals surface area contributed by atoms with Gasteiger partial charge in [-0.25, -0.2) is 9.97 Å². The summed E-state index contributed by atoms with van der Waals surface area (Å²) in [5.41, 5.74) is 2.17. The molecule has 0 amide bonds. The molecule has 20 heavy (non-hydrogen) atoms. The van der Waals surface area contributed by atoms with Gasteiger partial charge >= 0.3 is 0 Å². The molecule has 2 rings (SSSR count). The van der Waals surface area contributed by atoms with Crippen molar-refractivity contribution in [2.45, 2.75) is 33.6 Å². The molecule has 0 aliphatic carbocycles. The standard InChI is InChI=1S/C15H20BrN3S/c1-4-6-17-15-13(16)12(8-10(2)3)18-14(19-15)11-5-7-20-9-11/h5,7,9-10H,4,6,8H2,1-3H3,(H,17,18,19). The van der Waals surface area contributed by atoms with Crippen LogP contribution in [0.3, 0.4) is 0 Å². The summed E-state index contributed by atoms with van der Waals surface area (Å²) in [6.45, 7) is 7.48. The highest BCUT2D eigenvalue weighted by molar-refractivity contribution is 9.10. The first-order valence-corrected chi connectivity index (χ1v) is 8.68. The molecule has 0 aliphatic heterocycles. The van der Waals surface area contributed by atoms with E-state index >= 15 is 0 Å². The summed E-state index contributed by atoms with van der Waals surface area (Å²) < 4.78 is 0.999. The van der Waals surface area contributed by atoms with E-state index in [0.29, 0.717) is 5.92 Å². The Kier molecular flexibility index (Phi) is 5.54. The summed E-state index contributed by atoms with van der Waals surface area (Å²) in [5, 5.41) is 7.53. The van der Waals surface area contributed by atoms with Crippen molar-refractivity contribution < 1.29 is 0 Å². The smallest absolute Gasteiger partial charge is 0.162 e. The summed E-state index contributed by atoms with van der Waals surface area (Å²) in [6, 6.07) is 2.07. The predicted molar refractivity (Wildman–Crippen MR) is 90.4 cm³/mol. The van der Waals surface area contributed by atoms with Crippen LogP contribution >= 0.6 is 27.3 Å². The van der Waals surface area contributed by atoms with Gasteiger partial charge in [-0.3, -0.25) is 0 Å². The predicted octanol–water partition coefficient (Wildman–Crippen LogP) is 4.99. The Morgan fingerprint density at radius 2 is 2.15 bits per heavy atom. The van der Waals surface area contributed by atoms with Crippen molar-refractivity contribution in [2.75, 3.05) is 11.9 Å². The highest BCUT2D eigenvalue weighted by Gasteiger charge is 2.14. The number of halogens is 1. The second kappa shape index (κ2) is 7.18. The van der Waals surface area contributed by atoms with Gasteiger partial charge in [0.25, 0.3) is 0 Å². The van der Waals surface area contributed by atoms with Gasteiger partial charge < -0.3 is 5.32 Å². The van der Waals surface area contributed by atoms with Gasteiger partial charge in [-0.15, -0.1) is 0 Å². The molecular weight excluding hydrogens is 334 g/mol. The molecule has 0 saturated carbocycles. The lowest BCUT2D eigenvalue weighted by molar-refractivity contribution is 0.632. The summed E-state index contributed by atoms with van der Waals surface area (Å²) >= 11 is 5.32. The average molecular weight is 354 g/mol. The number of rotatable bonds is 6. The van der Waals surface area contributed by atoms with Gasteiger partial charge in [0.05, 0.1) is 10.2 Å². The number of hydrogen-bond acceptors (Lipinski definition) is 4. The Bertz CT molecular complexity index is 552. The van der Waals surface area contributed by atoms with E-state index in [4.69, 9.17) is 4.98 Å². The van der Waals surface area contributed by atoms with E-state index in [1.165, 1.54) is 0 Å². The fourth-order valence-electron chi connectivity index (χ4n) is 1.90. The van der Waals surface area contributed by atoms with Crippen molar-refractivity contribution in [3.05, 3.63) is 27.0 Å². The van der Waals surface area contributed by atoms with Crippen LogP contribution in [0.2, 0.25) is 0 Å². The zero-order valence-corrected chi connectivity index (χ0v) is 14.5. The molecular formula is C15H20BrN3S. The SMILES string of the molecule is CCCNc1nc(-c2ccsc2)nc(CC(C)C)c1Br. The molecule has 0 bridgehead atoms. The van der Waals surface area contributed by atoms with Crippen molar-refractivity contribution >= 4 is 33.1 Å². The molecule has 0 aromatic carbocycles. The number of thiophene rings is 1. The first-order valence-electron chi connectivity index (χ1n) is 6.94. The molecule has 0 unspecified atom stereocenters. The van der Waals surface area contributed by atoms with E-state index < -0.39 is 0 Å². The molecule has 2 heterocycles. The maximum Gasteiger partial charge on any atom is 0.162 e. The second-order valence-electron chi connectivity index (χ2n) is 5.19. The van der Waals surface area contributed by atoms with Gasteiger partial charge in [0.15, 0.2) is 5.82 Å². The zero-order chi connectivity index (χ0) is 14.5. The van der Waals surface area contributed by atoms with Crippen LogP contribution in [-0.2, 0) is 6.42 Å². The minimum atomic E-state index is 0.565. The highest BCUT2D eigenvalue weighted by atomic mass is 79.9. The Balaban J connectivity index is 2.42. The van der Waals surface area contributed by atoms with Gasteiger partial charge in [0.1, 0.15) is 5.82 Å². The molecule has 0 atom stereocenters.